The van der Waals surface area contributed by atoms with Gasteiger partial charge in [-0.1, -0.05) is 18.2 Å². The van der Waals surface area contributed by atoms with Gasteiger partial charge in [-0.15, -0.1) is 0 Å². The first kappa shape index (κ1) is 13.3. The van der Waals surface area contributed by atoms with Crippen LogP contribution in [0.1, 0.15) is 0 Å². The van der Waals surface area contributed by atoms with Gasteiger partial charge in [0.2, 0.25) is 0 Å². The Morgan fingerprint density at radius 3 is 2.39 bits per heavy atom. The number of nitrogens with one attached hydrogen (secondary N) is 1. The van der Waals surface area contributed by atoms with E-state index in [0.717, 1.165) is 32.7 Å². The van der Waals surface area contributed by atoms with Crippen LogP contribution in [0.25, 0.3) is 0 Å². The molecule has 1 aliphatic rings. The minimum atomic E-state index is 0.188. The van der Waals surface area contributed by atoms with Crippen molar-refractivity contribution in [2.75, 3.05) is 51.3 Å². The van der Waals surface area contributed by atoms with E-state index in [-0.39, 0.29) is 12.6 Å². The second kappa shape index (κ2) is 6.73. The van der Waals surface area contributed by atoms with Gasteiger partial charge in [0.05, 0.1) is 6.61 Å². The number of likely N-dealkylation sites (N-methyl/N-ethyl adjacent to an activating group) is 1. The molecule has 1 aromatic carbocycles. The Labute approximate surface area is 109 Å². The third-order valence-electron chi connectivity index (χ3n) is 3.60. The number of benzene rings is 1. The molecule has 0 spiro atoms. The molecule has 18 heavy (non-hydrogen) atoms. The van der Waals surface area contributed by atoms with Gasteiger partial charge >= 0.3 is 0 Å². The SMILES string of the molecule is CNC(CO)CN1CCN(c2ccccc2)CC1. The summed E-state index contributed by atoms with van der Waals surface area (Å²) in [5.74, 6) is 0. The number of aliphatic hydroxyl groups excluding tert-OH is 1. The molecule has 2 rings (SSSR count). The molecule has 0 aliphatic carbocycles. The maximum absolute atomic E-state index is 9.19. The van der Waals surface area contributed by atoms with Gasteiger partial charge in [-0.2, -0.15) is 0 Å². The molecule has 0 amide bonds. The standard InChI is InChI=1S/C14H23N3O/c1-15-13(12-18)11-16-7-9-17(10-8-16)14-5-3-2-4-6-14/h2-6,13,15,18H,7-12H2,1H3. The van der Waals surface area contributed by atoms with E-state index in [1.165, 1.54) is 5.69 Å². The Bertz CT molecular complexity index is 332. The Morgan fingerprint density at radius 1 is 1.17 bits per heavy atom. The summed E-state index contributed by atoms with van der Waals surface area (Å²) >= 11 is 0. The average Bonchev–Trinajstić information content (AvgIpc) is 2.46. The molecule has 0 radical (unpaired) electrons. The lowest BCUT2D eigenvalue weighted by molar-refractivity contribution is 0.180. The predicted molar refractivity (Wildman–Crippen MR) is 75.0 cm³/mol. The molecule has 2 N–H and O–H groups in total. The van der Waals surface area contributed by atoms with E-state index in [4.69, 9.17) is 0 Å². The zero-order chi connectivity index (χ0) is 12.8. The van der Waals surface area contributed by atoms with Crippen LogP contribution in [-0.2, 0) is 0 Å². The molecule has 4 heteroatoms. The van der Waals surface area contributed by atoms with Crippen molar-refractivity contribution in [2.24, 2.45) is 0 Å². The Kier molecular flexibility index (Phi) is 4.99. The van der Waals surface area contributed by atoms with Crippen molar-refractivity contribution in [1.29, 1.82) is 0 Å². The minimum absolute atomic E-state index is 0.188. The molecule has 1 unspecified atom stereocenters. The van der Waals surface area contributed by atoms with Crippen molar-refractivity contribution < 1.29 is 5.11 Å². The van der Waals surface area contributed by atoms with Crippen LogP contribution in [0.3, 0.4) is 0 Å². The van der Waals surface area contributed by atoms with E-state index in [2.05, 4.69) is 45.4 Å². The van der Waals surface area contributed by atoms with Crippen LogP contribution in [-0.4, -0.2) is 62.4 Å². The fraction of sp³-hybridized carbons (Fsp3) is 0.571. The second-order valence-electron chi connectivity index (χ2n) is 4.79. The number of para-hydroxylation sites is 1. The van der Waals surface area contributed by atoms with Gasteiger partial charge in [0.25, 0.3) is 0 Å². The van der Waals surface area contributed by atoms with Crippen LogP contribution in [0.5, 0.6) is 0 Å². The molecular formula is C14H23N3O. The highest BCUT2D eigenvalue weighted by molar-refractivity contribution is 5.46. The van der Waals surface area contributed by atoms with E-state index >= 15 is 0 Å². The lowest BCUT2D eigenvalue weighted by Gasteiger charge is -2.37. The predicted octanol–water partition coefficient (Wildman–Crippen LogP) is 0.389. The van der Waals surface area contributed by atoms with Gasteiger partial charge in [-0.25, -0.2) is 0 Å². The van der Waals surface area contributed by atoms with Crippen LogP contribution in [0.2, 0.25) is 0 Å². The first-order valence-electron chi connectivity index (χ1n) is 6.64. The van der Waals surface area contributed by atoms with Crippen molar-refractivity contribution in [3.63, 3.8) is 0 Å². The maximum Gasteiger partial charge on any atom is 0.0597 e. The van der Waals surface area contributed by atoms with Gasteiger partial charge < -0.3 is 15.3 Å². The summed E-state index contributed by atoms with van der Waals surface area (Å²) in [7, 11) is 1.90. The summed E-state index contributed by atoms with van der Waals surface area (Å²) in [4.78, 5) is 4.83. The number of nitrogens with zero attached hydrogens (tertiary/aromatic N) is 2. The van der Waals surface area contributed by atoms with E-state index in [0.29, 0.717) is 0 Å². The molecule has 4 nitrogen and oxygen atoms in total. The van der Waals surface area contributed by atoms with Crippen LogP contribution >= 0.6 is 0 Å². The minimum Gasteiger partial charge on any atom is -0.395 e. The van der Waals surface area contributed by atoms with Crippen molar-refractivity contribution in [3.8, 4) is 0 Å². The molecule has 1 atom stereocenters. The van der Waals surface area contributed by atoms with Gasteiger partial charge in [-0.05, 0) is 19.2 Å². The van der Waals surface area contributed by atoms with Crippen LogP contribution in [0.15, 0.2) is 30.3 Å². The van der Waals surface area contributed by atoms with E-state index in [1.807, 2.05) is 7.05 Å². The number of hydrogen-bond acceptors (Lipinski definition) is 4. The van der Waals surface area contributed by atoms with Gasteiger partial charge in [0, 0.05) is 44.5 Å². The zero-order valence-electron chi connectivity index (χ0n) is 11.0. The normalized spacial score (nSPS) is 18.9. The number of rotatable bonds is 5. The lowest BCUT2D eigenvalue weighted by Crippen LogP contribution is -2.51. The highest BCUT2D eigenvalue weighted by Crippen LogP contribution is 2.15. The largest absolute Gasteiger partial charge is 0.395 e. The molecule has 0 bridgehead atoms. The summed E-state index contributed by atoms with van der Waals surface area (Å²) in [6, 6.07) is 10.8. The summed E-state index contributed by atoms with van der Waals surface area (Å²) in [5, 5.41) is 12.3. The highest BCUT2D eigenvalue weighted by atomic mass is 16.3. The molecule has 1 aliphatic heterocycles. The average molecular weight is 249 g/mol. The monoisotopic (exact) mass is 249 g/mol. The quantitative estimate of drug-likeness (QED) is 0.792. The highest BCUT2D eigenvalue weighted by Gasteiger charge is 2.19. The van der Waals surface area contributed by atoms with E-state index in [9.17, 15) is 5.11 Å². The second-order valence-corrected chi connectivity index (χ2v) is 4.79. The molecule has 1 heterocycles. The fourth-order valence-electron chi connectivity index (χ4n) is 2.38. The topological polar surface area (TPSA) is 38.7 Å². The third-order valence-corrected chi connectivity index (χ3v) is 3.60. The first-order chi connectivity index (χ1) is 8.83. The van der Waals surface area contributed by atoms with Crippen molar-refractivity contribution in [1.82, 2.24) is 10.2 Å². The van der Waals surface area contributed by atoms with Crippen molar-refractivity contribution >= 4 is 5.69 Å². The van der Waals surface area contributed by atoms with Crippen LogP contribution < -0.4 is 10.2 Å². The summed E-state index contributed by atoms with van der Waals surface area (Å²) < 4.78 is 0. The van der Waals surface area contributed by atoms with Crippen LogP contribution in [0, 0.1) is 0 Å². The first-order valence-corrected chi connectivity index (χ1v) is 6.64. The Hall–Kier alpha value is -1.10. The summed E-state index contributed by atoms with van der Waals surface area (Å²) in [6.07, 6.45) is 0. The van der Waals surface area contributed by atoms with Gasteiger partial charge in [-0.3, -0.25) is 4.90 Å². The number of hydrogen-bond donors (Lipinski definition) is 2. The molecule has 1 fully saturated rings. The number of anilines is 1. The zero-order valence-corrected chi connectivity index (χ0v) is 11.0. The maximum atomic E-state index is 9.19. The van der Waals surface area contributed by atoms with Crippen molar-refractivity contribution in [2.45, 2.75) is 6.04 Å². The Balaban J connectivity index is 1.81. The van der Waals surface area contributed by atoms with Crippen molar-refractivity contribution in [3.05, 3.63) is 30.3 Å². The van der Waals surface area contributed by atoms with Gasteiger partial charge in [0.1, 0.15) is 0 Å². The molecule has 100 valence electrons. The van der Waals surface area contributed by atoms with E-state index in [1.54, 1.807) is 0 Å². The van der Waals surface area contributed by atoms with Crippen LogP contribution in [0.4, 0.5) is 5.69 Å². The summed E-state index contributed by atoms with van der Waals surface area (Å²) in [6.45, 7) is 5.38. The lowest BCUT2D eigenvalue weighted by atomic mass is 10.2. The smallest absolute Gasteiger partial charge is 0.0597 e. The third kappa shape index (κ3) is 3.45. The Morgan fingerprint density at radius 2 is 1.83 bits per heavy atom. The molecule has 1 saturated heterocycles. The number of aliphatic hydroxyl groups is 1. The molecule has 1 aromatic rings. The molecule has 0 saturated carbocycles. The molecular weight excluding hydrogens is 226 g/mol. The van der Waals surface area contributed by atoms with E-state index < -0.39 is 0 Å². The van der Waals surface area contributed by atoms with Gasteiger partial charge in [0.15, 0.2) is 0 Å². The molecule has 0 aromatic heterocycles. The number of piperazine rings is 1. The summed E-state index contributed by atoms with van der Waals surface area (Å²) in [5.41, 5.74) is 1.31. The fourth-order valence-corrected chi connectivity index (χ4v) is 2.38.